The van der Waals surface area contributed by atoms with Crippen LogP contribution in [0.1, 0.15) is 21.6 Å². The molecule has 0 saturated heterocycles. The number of aryl methyl sites for hydroxylation is 1. The van der Waals surface area contributed by atoms with Gasteiger partial charge in [0.2, 0.25) is 0 Å². The van der Waals surface area contributed by atoms with E-state index < -0.39 is 12.1 Å². The molecular weight excluding hydrogens is 463 g/mol. The zero-order chi connectivity index (χ0) is 25.2. The summed E-state index contributed by atoms with van der Waals surface area (Å²) >= 11 is 0. The maximum atomic E-state index is 13.1. The highest BCUT2D eigenvalue weighted by Gasteiger charge is 2.38. The molecule has 4 aromatic rings. The Morgan fingerprint density at radius 1 is 1.00 bits per heavy atom. The molecule has 4 heterocycles. The molecule has 5 rings (SSSR count). The minimum absolute atomic E-state index is 0.00476. The highest BCUT2D eigenvalue weighted by molar-refractivity contribution is 5.94. The summed E-state index contributed by atoms with van der Waals surface area (Å²) in [7, 11) is 2.01. The molecule has 0 radical (unpaired) electrons. The zero-order valence-corrected chi connectivity index (χ0v) is 18.5. The van der Waals surface area contributed by atoms with Crippen LogP contribution < -0.4 is 0 Å². The monoisotopic (exact) mass is 483 g/mol. The predicted octanol–water partition coefficient (Wildman–Crippen LogP) is 4.06. The lowest BCUT2D eigenvalue weighted by Gasteiger charge is -2.21. The molecular formula is C24H20F3N5O3. The molecule has 0 unspecified atom stereocenters. The van der Waals surface area contributed by atoms with Crippen molar-refractivity contribution in [2.45, 2.75) is 19.3 Å². The minimum Gasteiger partial charge on any atom is -0.475 e. The Kier molecular flexibility index (Phi) is 6.41. The predicted molar refractivity (Wildman–Crippen MR) is 119 cm³/mol. The fourth-order valence-corrected chi connectivity index (χ4v) is 3.70. The lowest BCUT2D eigenvalue weighted by atomic mass is 10.1. The largest absolute Gasteiger partial charge is 0.490 e. The Labute approximate surface area is 197 Å². The molecule has 8 nitrogen and oxygen atoms in total. The molecule has 1 aromatic carbocycles. The number of rotatable bonds is 2. The Hall–Kier alpha value is -4.41. The number of amides is 1. The number of carboxylic acid groups (broad SMARTS) is 1. The second kappa shape index (κ2) is 9.45. The van der Waals surface area contributed by atoms with Gasteiger partial charge in [-0.15, -0.1) is 0 Å². The molecule has 0 spiro atoms. The summed E-state index contributed by atoms with van der Waals surface area (Å²) < 4.78 is 35.7. The number of benzene rings is 1. The number of carboxylic acids is 1. The first kappa shape index (κ1) is 23.7. The smallest absolute Gasteiger partial charge is 0.475 e. The number of carbonyl (C=O) groups excluding carboxylic acids is 1. The second-order valence-electron chi connectivity index (χ2n) is 7.77. The fourth-order valence-electron chi connectivity index (χ4n) is 3.70. The number of halogens is 3. The van der Waals surface area contributed by atoms with Crippen molar-refractivity contribution in [1.29, 1.82) is 0 Å². The van der Waals surface area contributed by atoms with E-state index in [9.17, 15) is 18.0 Å². The van der Waals surface area contributed by atoms with Crippen molar-refractivity contribution in [3.8, 4) is 16.9 Å². The van der Waals surface area contributed by atoms with E-state index in [0.717, 1.165) is 28.2 Å². The number of nitrogens with zero attached hydrogens (tertiary/aromatic N) is 5. The molecule has 11 heteroatoms. The lowest BCUT2D eigenvalue weighted by molar-refractivity contribution is -0.192. The number of alkyl halides is 3. The first-order valence-electron chi connectivity index (χ1n) is 10.4. The Morgan fingerprint density at radius 2 is 1.66 bits per heavy atom. The van der Waals surface area contributed by atoms with Crippen molar-refractivity contribution in [3.05, 3.63) is 90.1 Å². The van der Waals surface area contributed by atoms with Gasteiger partial charge >= 0.3 is 12.1 Å². The average molecular weight is 483 g/mol. The molecule has 35 heavy (non-hydrogen) atoms. The Morgan fingerprint density at radius 3 is 2.29 bits per heavy atom. The lowest BCUT2D eigenvalue weighted by Crippen LogP contribution is -2.30. The van der Waals surface area contributed by atoms with Crippen LogP contribution in [0.5, 0.6) is 0 Å². The van der Waals surface area contributed by atoms with Crippen molar-refractivity contribution < 1.29 is 27.9 Å². The maximum absolute atomic E-state index is 13.1. The van der Waals surface area contributed by atoms with Crippen LogP contribution in [0.4, 0.5) is 13.2 Å². The van der Waals surface area contributed by atoms with Crippen molar-refractivity contribution in [2.75, 3.05) is 0 Å². The third kappa shape index (κ3) is 5.08. The van der Waals surface area contributed by atoms with E-state index in [1.807, 2.05) is 59.4 Å². The number of hydrogen-bond acceptors (Lipinski definition) is 4. The quantitative estimate of drug-likeness (QED) is 0.464. The van der Waals surface area contributed by atoms with Crippen LogP contribution in [0.3, 0.4) is 0 Å². The van der Waals surface area contributed by atoms with E-state index in [2.05, 4.69) is 15.6 Å². The molecule has 0 atom stereocenters. The van der Waals surface area contributed by atoms with Crippen molar-refractivity contribution >= 4 is 11.9 Å². The van der Waals surface area contributed by atoms with Gasteiger partial charge in [0.25, 0.3) is 5.91 Å². The third-order valence-corrected chi connectivity index (χ3v) is 5.43. The molecule has 1 amide bonds. The molecule has 0 bridgehead atoms. The Balaban J connectivity index is 0.000000364. The van der Waals surface area contributed by atoms with E-state index >= 15 is 0 Å². The summed E-state index contributed by atoms with van der Waals surface area (Å²) in [5.74, 6) is -2.76. The Bertz CT molecular complexity index is 1350. The average Bonchev–Trinajstić information content (AvgIpc) is 3.38. The van der Waals surface area contributed by atoms with Gasteiger partial charge < -0.3 is 14.6 Å². The first-order chi connectivity index (χ1) is 16.6. The molecule has 3 aromatic heterocycles. The van der Waals surface area contributed by atoms with Gasteiger partial charge in [-0.1, -0.05) is 18.2 Å². The number of hydrogen-bond donors (Lipinski definition) is 1. The van der Waals surface area contributed by atoms with Crippen LogP contribution >= 0.6 is 0 Å². The van der Waals surface area contributed by atoms with Gasteiger partial charge in [-0.25, -0.2) is 9.48 Å². The van der Waals surface area contributed by atoms with E-state index in [1.165, 1.54) is 0 Å². The molecule has 1 aliphatic rings. The van der Waals surface area contributed by atoms with E-state index in [4.69, 9.17) is 15.0 Å². The summed E-state index contributed by atoms with van der Waals surface area (Å²) in [6.07, 6.45) is 2.27. The van der Waals surface area contributed by atoms with E-state index in [-0.39, 0.29) is 5.91 Å². The van der Waals surface area contributed by atoms with E-state index in [1.54, 1.807) is 24.5 Å². The number of carbonyl (C=O) groups is 2. The fraction of sp³-hybridized carbons (Fsp3) is 0.167. The highest BCUT2D eigenvalue weighted by atomic mass is 19.4. The van der Waals surface area contributed by atoms with Crippen LogP contribution in [0.2, 0.25) is 0 Å². The van der Waals surface area contributed by atoms with Gasteiger partial charge in [0, 0.05) is 54.2 Å². The van der Waals surface area contributed by atoms with Gasteiger partial charge in [-0.3, -0.25) is 9.78 Å². The maximum Gasteiger partial charge on any atom is 0.490 e. The van der Waals surface area contributed by atoms with Crippen molar-refractivity contribution in [1.82, 2.24) is 24.2 Å². The summed E-state index contributed by atoms with van der Waals surface area (Å²) in [6.45, 7) is 1.06. The molecule has 0 aliphatic carbocycles. The number of aliphatic carboxylic acids is 1. The first-order valence-corrected chi connectivity index (χ1v) is 10.4. The zero-order valence-electron chi connectivity index (χ0n) is 18.5. The number of fused-ring (bicyclic) bond motifs is 3. The van der Waals surface area contributed by atoms with Gasteiger partial charge in [0.1, 0.15) is 0 Å². The highest BCUT2D eigenvalue weighted by Crippen LogP contribution is 2.33. The van der Waals surface area contributed by atoms with Gasteiger partial charge in [0.15, 0.2) is 0 Å². The van der Waals surface area contributed by atoms with Crippen LogP contribution in [-0.2, 0) is 24.9 Å². The summed E-state index contributed by atoms with van der Waals surface area (Å²) in [4.78, 5) is 27.9. The molecule has 0 fully saturated rings. The van der Waals surface area contributed by atoms with Gasteiger partial charge in [-0.05, 0) is 30.3 Å². The summed E-state index contributed by atoms with van der Waals surface area (Å²) in [5.41, 5.74) is 5.78. The standard InChI is InChI=1S/C22H19N5O.C2HF3O2/c1-25-12-9-19-20(25)15-26(22(28)16-7-10-23-11-8-16)13-17-14-27(24-21(17)19)18-5-3-2-4-6-18;3-2(4,5)1(6)7/h2-12,14H,13,15H2,1H3;(H,6,7). The third-order valence-electron chi connectivity index (χ3n) is 5.43. The molecule has 1 aliphatic heterocycles. The van der Waals surface area contributed by atoms with Crippen LogP contribution in [0.25, 0.3) is 16.9 Å². The van der Waals surface area contributed by atoms with Crippen LogP contribution in [0, 0.1) is 0 Å². The normalized spacial score (nSPS) is 12.6. The molecule has 0 saturated carbocycles. The minimum atomic E-state index is -5.08. The second-order valence-corrected chi connectivity index (χ2v) is 7.77. The number of aromatic nitrogens is 4. The SMILES string of the molecule is Cn1ccc2c1CN(C(=O)c1ccncc1)Cc1cn(-c3ccccc3)nc1-2.O=C(O)C(F)(F)F. The van der Waals surface area contributed by atoms with Crippen LogP contribution in [0.15, 0.2) is 73.3 Å². The molecule has 1 N–H and O–H groups in total. The van der Waals surface area contributed by atoms with E-state index in [0.29, 0.717) is 18.7 Å². The van der Waals surface area contributed by atoms with Gasteiger partial charge in [-0.2, -0.15) is 18.3 Å². The summed E-state index contributed by atoms with van der Waals surface area (Å²) in [6, 6.07) is 15.6. The number of para-hydroxylation sites is 1. The summed E-state index contributed by atoms with van der Waals surface area (Å²) in [5, 5.41) is 12.0. The van der Waals surface area contributed by atoms with Crippen molar-refractivity contribution in [3.63, 3.8) is 0 Å². The molecule has 180 valence electrons. The van der Waals surface area contributed by atoms with Gasteiger partial charge in [0.05, 0.1) is 24.5 Å². The topological polar surface area (TPSA) is 93.3 Å². The van der Waals surface area contributed by atoms with Crippen LogP contribution in [-0.4, -0.2) is 47.4 Å². The number of pyridine rings is 1. The van der Waals surface area contributed by atoms with Crippen molar-refractivity contribution in [2.24, 2.45) is 7.05 Å².